The number of pyridine rings is 2. The zero-order valence-electron chi connectivity index (χ0n) is 14.4. The number of nitriles is 2. The summed E-state index contributed by atoms with van der Waals surface area (Å²) in [4.78, 5) is 20.9. The fourth-order valence-electron chi connectivity index (χ4n) is 3.15. The van der Waals surface area contributed by atoms with Crippen molar-refractivity contribution < 1.29 is 0 Å². The van der Waals surface area contributed by atoms with E-state index < -0.39 is 5.92 Å². The van der Waals surface area contributed by atoms with E-state index in [4.69, 9.17) is 5.73 Å². The van der Waals surface area contributed by atoms with E-state index in [1.54, 1.807) is 55.1 Å². The highest BCUT2D eigenvalue weighted by Gasteiger charge is 2.31. The number of rotatable bonds is 2. The molecule has 1 aliphatic heterocycles. The van der Waals surface area contributed by atoms with Crippen LogP contribution in [0, 0.1) is 22.7 Å². The molecule has 0 saturated carbocycles. The number of allylic oxidation sites excluding steroid dienone is 1. The first-order valence-electron chi connectivity index (χ1n) is 8.23. The molecule has 0 fully saturated rings. The molecule has 0 radical (unpaired) electrons. The Morgan fingerprint density at radius 1 is 1.04 bits per heavy atom. The van der Waals surface area contributed by atoms with Gasteiger partial charge in [-0.3, -0.25) is 19.3 Å². The molecule has 0 aliphatic carbocycles. The number of nitrogens with zero attached hydrogens (tertiary/aromatic N) is 5. The Balaban J connectivity index is 2.08. The van der Waals surface area contributed by atoms with Crippen molar-refractivity contribution in [3.63, 3.8) is 0 Å². The molecule has 0 amide bonds. The average molecular weight is 384 g/mol. The molecule has 0 saturated heterocycles. The Labute approximate surface area is 163 Å². The molecular formula is C20H12N6OS. The van der Waals surface area contributed by atoms with Crippen LogP contribution in [0.3, 0.4) is 0 Å². The first kappa shape index (κ1) is 17.4. The molecule has 7 nitrogen and oxygen atoms in total. The van der Waals surface area contributed by atoms with Gasteiger partial charge in [0.1, 0.15) is 10.5 Å². The summed E-state index contributed by atoms with van der Waals surface area (Å²) in [5.41, 5.74) is 7.87. The lowest BCUT2D eigenvalue weighted by atomic mass is 9.85. The Hall–Kier alpha value is -4.01. The first-order chi connectivity index (χ1) is 13.7. The van der Waals surface area contributed by atoms with Gasteiger partial charge >= 0.3 is 0 Å². The van der Waals surface area contributed by atoms with Gasteiger partial charge in [0.25, 0.3) is 5.56 Å². The van der Waals surface area contributed by atoms with Crippen LogP contribution in [0.5, 0.6) is 0 Å². The van der Waals surface area contributed by atoms with Crippen LogP contribution in [-0.4, -0.2) is 14.5 Å². The maximum atomic E-state index is 13.0. The first-order valence-corrected chi connectivity index (χ1v) is 9.05. The molecule has 4 rings (SSSR count). The van der Waals surface area contributed by atoms with Crippen molar-refractivity contribution in [3.8, 4) is 12.1 Å². The van der Waals surface area contributed by atoms with E-state index in [-0.39, 0.29) is 17.0 Å². The standard InChI is InChI=1S/C20H12N6OS/c21-10-14-17(13-3-7-25-8-4-13)15(11-22)20-26(18(14)23)19(27)16(28-20)9-12-1-5-24-6-2-12/h1-9,17H,23H2. The van der Waals surface area contributed by atoms with Gasteiger partial charge in [-0.05, 0) is 41.5 Å². The van der Waals surface area contributed by atoms with Gasteiger partial charge in [0.2, 0.25) is 0 Å². The van der Waals surface area contributed by atoms with Gasteiger partial charge in [0, 0.05) is 24.8 Å². The Morgan fingerprint density at radius 2 is 1.64 bits per heavy atom. The maximum Gasteiger partial charge on any atom is 0.274 e. The van der Waals surface area contributed by atoms with Gasteiger partial charge in [0.15, 0.2) is 0 Å². The summed E-state index contributed by atoms with van der Waals surface area (Å²) < 4.78 is 2.11. The third-order valence-corrected chi connectivity index (χ3v) is 5.54. The van der Waals surface area contributed by atoms with Crippen LogP contribution in [0.2, 0.25) is 0 Å². The summed E-state index contributed by atoms with van der Waals surface area (Å²) in [5, 5.41) is 19.6. The molecule has 3 aromatic heterocycles. The molecule has 1 unspecified atom stereocenters. The predicted molar refractivity (Wildman–Crippen MR) is 105 cm³/mol. The smallest absolute Gasteiger partial charge is 0.274 e. The quantitative estimate of drug-likeness (QED) is 0.692. The Bertz CT molecular complexity index is 1350. The molecule has 8 heteroatoms. The highest BCUT2D eigenvalue weighted by Crippen LogP contribution is 2.34. The molecule has 134 valence electrons. The van der Waals surface area contributed by atoms with Crippen molar-refractivity contribution in [1.82, 2.24) is 14.5 Å². The van der Waals surface area contributed by atoms with Crippen LogP contribution >= 0.6 is 11.3 Å². The molecule has 3 aromatic rings. The second-order valence-electron chi connectivity index (χ2n) is 5.99. The third-order valence-electron chi connectivity index (χ3n) is 4.43. The van der Waals surface area contributed by atoms with Crippen molar-refractivity contribution >= 4 is 28.8 Å². The van der Waals surface area contributed by atoms with Crippen LogP contribution in [0.4, 0.5) is 0 Å². The summed E-state index contributed by atoms with van der Waals surface area (Å²) in [6.45, 7) is 0. The van der Waals surface area contributed by atoms with E-state index in [2.05, 4.69) is 22.1 Å². The van der Waals surface area contributed by atoms with Crippen molar-refractivity contribution in [3.05, 3.63) is 85.3 Å². The summed E-state index contributed by atoms with van der Waals surface area (Å²) >= 11 is 1.18. The van der Waals surface area contributed by atoms with E-state index in [9.17, 15) is 15.3 Å². The minimum Gasteiger partial charge on any atom is -0.384 e. The number of thiazole rings is 1. The van der Waals surface area contributed by atoms with Crippen LogP contribution in [-0.2, 0) is 0 Å². The number of hydrogen-bond donors (Lipinski definition) is 1. The molecule has 0 aromatic carbocycles. The second kappa shape index (κ2) is 6.95. The number of nitrogens with two attached hydrogens (primary N) is 1. The monoisotopic (exact) mass is 384 g/mol. The molecule has 0 spiro atoms. The normalized spacial score (nSPS) is 16.4. The fourth-order valence-corrected chi connectivity index (χ4v) is 4.28. The Kier molecular flexibility index (Phi) is 4.32. The lowest BCUT2D eigenvalue weighted by Gasteiger charge is -2.22. The van der Waals surface area contributed by atoms with Gasteiger partial charge in [0.05, 0.1) is 33.7 Å². The van der Waals surface area contributed by atoms with E-state index in [0.29, 0.717) is 14.8 Å². The number of hydrogen-bond acceptors (Lipinski definition) is 7. The van der Waals surface area contributed by atoms with Crippen molar-refractivity contribution in [2.45, 2.75) is 5.92 Å². The summed E-state index contributed by atoms with van der Waals surface area (Å²) in [7, 11) is 0. The minimum absolute atomic E-state index is 0.0499. The van der Waals surface area contributed by atoms with Crippen LogP contribution in [0.25, 0.3) is 17.5 Å². The summed E-state index contributed by atoms with van der Waals surface area (Å²) in [6, 6.07) is 11.3. The van der Waals surface area contributed by atoms with E-state index in [0.717, 1.165) is 11.1 Å². The van der Waals surface area contributed by atoms with Crippen molar-refractivity contribution in [2.24, 2.45) is 5.73 Å². The summed E-state index contributed by atoms with van der Waals surface area (Å²) in [6.07, 6.45) is 8.16. The van der Waals surface area contributed by atoms with E-state index in [1.165, 1.54) is 15.9 Å². The van der Waals surface area contributed by atoms with Gasteiger partial charge in [-0.1, -0.05) is 0 Å². The summed E-state index contributed by atoms with van der Waals surface area (Å²) in [5.74, 6) is -0.584. The molecule has 0 bridgehead atoms. The highest BCUT2D eigenvalue weighted by atomic mass is 32.1. The van der Waals surface area contributed by atoms with Crippen molar-refractivity contribution in [1.29, 1.82) is 10.5 Å². The SMILES string of the molecule is N#CC1=C(N)n2c(sc(=Cc3ccncc3)c2=O)=C(C#N)C1c1ccncc1. The zero-order chi connectivity index (χ0) is 19.7. The van der Waals surface area contributed by atoms with Crippen LogP contribution in [0.1, 0.15) is 17.0 Å². The average Bonchev–Trinajstić information content (AvgIpc) is 3.05. The highest BCUT2D eigenvalue weighted by molar-refractivity contribution is 7.07. The van der Waals surface area contributed by atoms with Gasteiger partial charge < -0.3 is 5.73 Å². The van der Waals surface area contributed by atoms with Crippen LogP contribution in [0.15, 0.2) is 59.4 Å². The van der Waals surface area contributed by atoms with Gasteiger partial charge in [-0.15, -0.1) is 11.3 Å². The third kappa shape index (κ3) is 2.69. The minimum atomic E-state index is -0.634. The largest absolute Gasteiger partial charge is 0.384 e. The maximum absolute atomic E-state index is 13.0. The molecule has 28 heavy (non-hydrogen) atoms. The second-order valence-corrected chi connectivity index (χ2v) is 7.02. The fraction of sp³-hybridized carbons (Fsp3) is 0.0500. The lowest BCUT2D eigenvalue weighted by Crippen LogP contribution is -2.38. The lowest BCUT2D eigenvalue weighted by molar-refractivity contribution is 0.904. The van der Waals surface area contributed by atoms with E-state index >= 15 is 0 Å². The predicted octanol–water partition coefficient (Wildman–Crippen LogP) is 0.651. The molecule has 2 N–H and O–H groups in total. The van der Waals surface area contributed by atoms with Gasteiger partial charge in [-0.25, -0.2) is 0 Å². The Morgan fingerprint density at radius 3 is 2.25 bits per heavy atom. The van der Waals surface area contributed by atoms with Gasteiger partial charge in [-0.2, -0.15) is 10.5 Å². The molecule has 4 heterocycles. The molecular weight excluding hydrogens is 372 g/mol. The van der Waals surface area contributed by atoms with E-state index in [1.807, 2.05) is 0 Å². The number of fused-ring (bicyclic) bond motifs is 1. The van der Waals surface area contributed by atoms with Crippen LogP contribution < -0.4 is 20.5 Å². The zero-order valence-corrected chi connectivity index (χ0v) is 15.2. The molecule has 1 atom stereocenters. The van der Waals surface area contributed by atoms with Crippen molar-refractivity contribution in [2.75, 3.05) is 0 Å². The topological polar surface area (TPSA) is 121 Å². The number of aromatic nitrogens is 3. The molecule has 1 aliphatic rings.